The molecule has 0 unspecified atom stereocenters. The molecular weight excluding hydrogens is 164 g/mol. The van der Waals surface area contributed by atoms with Gasteiger partial charge in [-0.25, -0.2) is 15.0 Å². The summed E-state index contributed by atoms with van der Waals surface area (Å²) in [7, 11) is 1.95. The summed E-state index contributed by atoms with van der Waals surface area (Å²) < 4.78 is 1.97. The van der Waals surface area contributed by atoms with Gasteiger partial charge in [0.2, 0.25) is 0 Å². The average Bonchev–Trinajstić information content (AvgIpc) is 2.49. The minimum atomic E-state index is 0.714. The average molecular weight is 174 g/mol. The molecule has 0 N–H and O–H groups in total. The Morgan fingerprint density at radius 2 is 1.85 bits per heavy atom. The van der Waals surface area contributed by atoms with E-state index >= 15 is 0 Å². The van der Waals surface area contributed by atoms with E-state index in [-0.39, 0.29) is 0 Å². The molecule has 2 rings (SSSR count). The molecule has 0 radical (unpaired) electrons. The van der Waals surface area contributed by atoms with Gasteiger partial charge in [-0.3, -0.25) is 0 Å². The SMILES string of the molecule is Cc1ncc(-c2ncccn2)n1C. The van der Waals surface area contributed by atoms with Crippen molar-refractivity contribution in [1.29, 1.82) is 0 Å². The zero-order chi connectivity index (χ0) is 9.26. The van der Waals surface area contributed by atoms with Crippen LogP contribution in [0.2, 0.25) is 0 Å². The number of hydrogen-bond acceptors (Lipinski definition) is 3. The number of aryl methyl sites for hydroxylation is 1. The summed E-state index contributed by atoms with van der Waals surface area (Å²) in [6.45, 7) is 1.95. The van der Waals surface area contributed by atoms with Crippen molar-refractivity contribution >= 4 is 0 Å². The van der Waals surface area contributed by atoms with Gasteiger partial charge < -0.3 is 4.57 Å². The summed E-state index contributed by atoms with van der Waals surface area (Å²) in [5, 5.41) is 0. The highest BCUT2D eigenvalue weighted by Crippen LogP contribution is 2.13. The molecule has 0 saturated heterocycles. The van der Waals surface area contributed by atoms with Crippen LogP contribution in [0.15, 0.2) is 24.7 Å². The molecule has 2 aromatic rings. The molecule has 2 heterocycles. The second kappa shape index (κ2) is 2.97. The predicted molar refractivity (Wildman–Crippen MR) is 49.0 cm³/mol. The molecule has 0 bridgehead atoms. The molecule has 0 aliphatic heterocycles. The van der Waals surface area contributed by atoms with E-state index in [2.05, 4.69) is 15.0 Å². The van der Waals surface area contributed by atoms with Crippen molar-refractivity contribution in [3.05, 3.63) is 30.5 Å². The zero-order valence-corrected chi connectivity index (χ0v) is 7.60. The van der Waals surface area contributed by atoms with E-state index < -0.39 is 0 Å². The summed E-state index contributed by atoms with van der Waals surface area (Å²) in [4.78, 5) is 12.5. The van der Waals surface area contributed by atoms with Gasteiger partial charge in [0, 0.05) is 19.4 Å². The van der Waals surface area contributed by atoms with Gasteiger partial charge in [-0.2, -0.15) is 0 Å². The van der Waals surface area contributed by atoms with Crippen LogP contribution in [0.3, 0.4) is 0 Å². The van der Waals surface area contributed by atoms with E-state index in [4.69, 9.17) is 0 Å². The van der Waals surface area contributed by atoms with Crippen LogP contribution in [0, 0.1) is 6.92 Å². The first-order valence-corrected chi connectivity index (χ1v) is 4.05. The standard InChI is InChI=1S/C9H10N4/c1-7-12-6-8(13(7)2)9-10-4-3-5-11-9/h3-6H,1-2H3. The quantitative estimate of drug-likeness (QED) is 0.652. The Hall–Kier alpha value is -1.71. The van der Waals surface area contributed by atoms with Crippen molar-refractivity contribution in [2.75, 3.05) is 0 Å². The van der Waals surface area contributed by atoms with Crippen molar-refractivity contribution in [3.8, 4) is 11.5 Å². The van der Waals surface area contributed by atoms with Crippen molar-refractivity contribution in [2.24, 2.45) is 7.05 Å². The summed E-state index contributed by atoms with van der Waals surface area (Å²) >= 11 is 0. The summed E-state index contributed by atoms with van der Waals surface area (Å²) in [5.74, 6) is 1.67. The summed E-state index contributed by atoms with van der Waals surface area (Å²) in [5.41, 5.74) is 0.943. The Morgan fingerprint density at radius 3 is 2.38 bits per heavy atom. The lowest BCUT2D eigenvalue weighted by molar-refractivity contribution is 0.856. The van der Waals surface area contributed by atoms with E-state index in [9.17, 15) is 0 Å². The Morgan fingerprint density at radius 1 is 1.15 bits per heavy atom. The largest absolute Gasteiger partial charge is 0.329 e. The molecule has 4 heteroatoms. The second-order valence-corrected chi connectivity index (χ2v) is 2.82. The van der Waals surface area contributed by atoms with E-state index in [0.717, 1.165) is 11.5 Å². The lowest BCUT2D eigenvalue weighted by atomic mass is 10.4. The Kier molecular flexibility index (Phi) is 1.81. The van der Waals surface area contributed by atoms with E-state index in [0.29, 0.717) is 5.82 Å². The van der Waals surface area contributed by atoms with Crippen LogP contribution in [-0.2, 0) is 7.05 Å². The molecule has 4 nitrogen and oxygen atoms in total. The maximum Gasteiger partial charge on any atom is 0.177 e. The first-order valence-electron chi connectivity index (χ1n) is 4.05. The molecule has 0 aliphatic carbocycles. The number of rotatable bonds is 1. The highest BCUT2D eigenvalue weighted by Gasteiger charge is 2.06. The van der Waals surface area contributed by atoms with Gasteiger partial charge in [0.15, 0.2) is 5.82 Å². The first-order chi connectivity index (χ1) is 6.29. The normalized spacial score (nSPS) is 10.3. The fourth-order valence-corrected chi connectivity index (χ4v) is 1.14. The van der Waals surface area contributed by atoms with Gasteiger partial charge in [-0.05, 0) is 13.0 Å². The number of nitrogens with zero attached hydrogens (tertiary/aromatic N) is 4. The highest BCUT2D eigenvalue weighted by molar-refractivity contribution is 5.48. The molecule has 13 heavy (non-hydrogen) atoms. The highest BCUT2D eigenvalue weighted by atomic mass is 15.1. The number of hydrogen-bond donors (Lipinski definition) is 0. The van der Waals surface area contributed by atoms with E-state index in [1.165, 1.54) is 0 Å². The number of imidazole rings is 1. The maximum atomic E-state index is 4.18. The number of aromatic nitrogens is 4. The predicted octanol–water partition coefficient (Wildman–Crippen LogP) is 1.19. The molecule has 0 aliphatic rings. The van der Waals surface area contributed by atoms with Gasteiger partial charge in [-0.15, -0.1) is 0 Å². The molecule has 0 saturated carbocycles. The van der Waals surface area contributed by atoms with E-state index in [1.807, 2.05) is 18.5 Å². The zero-order valence-electron chi connectivity index (χ0n) is 7.60. The third-order valence-corrected chi connectivity index (χ3v) is 2.02. The van der Waals surface area contributed by atoms with Gasteiger partial charge in [0.1, 0.15) is 11.5 Å². The van der Waals surface area contributed by atoms with Crippen LogP contribution >= 0.6 is 0 Å². The van der Waals surface area contributed by atoms with Crippen molar-refractivity contribution in [2.45, 2.75) is 6.92 Å². The Bertz CT molecular complexity index is 405. The third kappa shape index (κ3) is 1.30. The molecule has 0 atom stereocenters. The van der Waals surface area contributed by atoms with Gasteiger partial charge in [-0.1, -0.05) is 0 Å². The fraction of sp³-hybridized carbons (Fsp3) is 0.222. The summed E-state index contributed by atoms with van der Waals surface area (Å²) in [6, 6.07) is 1.80. The Labute approximate surface area is 76.3 Å². The first kappa shape index (κ1) is 7.91. The van der Waals surface area contributed by atoms with Crippen molar-refractivity contribution in [1.82, 2.24) is 19.5 Å². The van der Waals surface area contributed by atoms with Crippen LogP contribution in [-0.4, -0.2) is 19.5 Å². The fourth-order valence-electron chi connectivity index (χ4n) is 1.14. The molecule has 66 valence electrons. The summed E-state index contributed by atoms with van der Waals surface area (Å²) in [6.07, 6.45) is 5.24. The minimum Gasteiger partial charge on any atom is -0.329 e. The lowest BCUT2D eigenvalue weighted by Gasteiger charge is -2.00. The molecule has 0 fully saturated rings. The third-order valence-electron chi connectivity index (χ3n) is 2.02. The van der Waals surface area contributed by atoms with Gasteiger partial charge in [0.25, 0.3) is 0 Å². The monoisotopic (exact) mass is 174 g/mol. The van der Waals surface area contributed by atoms with Crippen LogP contribution in [0.1, 0.15) is 5.82 Å². The topological polar surface area (TPSA) is 43.6 Å². The molecule has 0 amide bonds. The Balaban J connectivity index is 2.53. The van der Waals surface area contributed by atoms with Crippen LogP contribution in [0.25, 0.3) is 11.5 Å². The molecule has 0 aromatic carbocycles. The van der Waals surface area contributed by atoms with Crippen LogP contribution < -0.4 is 0 Å². The van der Waals surface area contributed by atoms with Crippen LogP contribution in [0.4, 0.5) is 0 Å². The second-order valence-electron chi connectivity index (χ2n) is 2.82. The van der Waals surface area contributed by atoms with Crippen molar-refractivity contribution < 1.29 is 0 Å². The van der Waals surface area contributed by atoms with Gasteiger partial charge in [0.05, 0.1) is 6.20 Å². The van der Waals surface area contributed by atoms with E-state index in [1.54, 1.807) is 24.7 Å². The minimum absolute atomic E-state index is 0.714. The van der Waals surface area contributed by atoms with Crippen LogP contribution in [0.5, 0.6) is 0 Å². The molecular formula is C9H10N4. The molecule has 0 spiro atoms. The van der Waals surface area contributed by atoms with Crippen molar-refractivity contribution in [3.63, 3.8) is 0 Å². The smallest absolute Gasteiger partial charge is 0.177 e. The maximum absolute atomic E-state index is 4.18. The van der Waals surface area contributed by atoms with Gasteiger partial charge >= 0.3 is 0 Å². The molecule has 2 aromatic heterocycles. The lowest BCUT2D eigenvalue weighted by Crippen LogP contribution is -1.96.